The predicted octanol–water partition coefficient (Wildman–Crippen LogP) is 2.59. The van der Waals surface area contributed by atoms with Crippen LogP contribution in [0.1, 0.15) is 56.7 Å². The van der Waals surface area contributed by atoms with Crippen molar-refractivity contribution in [2.75, 3.05) is 19.3 Å². The van der Waals surface area contributed by atoms with Crippen LogP contribution in [0.2, 0.25) is 0 Å². The van der Waals surface area contributed by atoms with Crippen molar-refractivity contribution < 1.29 is 13.2 Å². The maximum Gasteiger partial charge on any atom is 0.223 e. The molecule has 0 saturated carbocycles. The molecule has 1 fully saturated rings. The average Bonchev–Trinajstić information content (AvgIpc) is 2.57. The Labute approximate surface area is 150 Å². The number of rotatable bonds is 3. The highest BCUT2D eigenvalue weighted by atomic mass is 32.2. The largest absolute Gasteiger partial charge is 0.349 e. The van der Waals surface area contributed by atoms with Crippen LogP contribution in [0.25, 0.3) is 0 Å². The van der Waals surface area contributed by atoms with E-state index in [0.717, 1.165) is 12.8 Å². The van der Waals surface area contributed by atoms with Gasteiger partial charge in [-0.2, -0.15) is 0 Å². The average molecular weight is 365 g/mol. The molecule has 1 aliphatic carbocycles. The molecule has 1 aromatic carbocycles. The van der Waals surface area contributed by atoms with E-state index in [1.54, 1.807) is 0 Å². The third-order valence-corrected chi connectivity index (χ3v) is 7.04. The first-order valence-corrected chi connectivity index (χ1v) is 10.9. The van der Waals surface area contributed by atoms with E-state index in [4.69, 9.17) is 0 Å². The van der Waals surface area contributed by atoms with E-state index in [-0.39, 0.29) is 23.3 Å². The second kappa shape index (κ2) is 6.72. The summed E-state index contributed by atoms with van der Waals surface area (Å²) in [5.41, 5.74) is 2.68. The van der Waals surface area contributed by atoms with E-state index in [1.165, 1.54) is 21.7 Å². The molecule has 1 N–H and O–H groups in total. The molecule has 0 spiro atoms. The van der Waals surface area contributed by atoms with Crippen LogP contribution in [-0.2, 0) is 20.2 Å². The lowest BCUT2D eigenvalue weighted by atomic mass is 9.71. The lowest BCUT2D eigenvalue weighted by Gasteiger charge is -2.38. The number of nitrogens with one attached hydrogen (secondary N) is 1. The van der Waals surface area contributed by atoms with E-state index in [1.807, 2.05) is 6.07 Å². The molecule has 6 heteroatoms. The topological polar surface area (TPSA) is 66.5 Å². The Morgan fingerprint density at radius 1 is 1.16 bits per heavy atom. The number of piperidine rings is 1. The van der Waals surface area contributed by atoms with Gasteiger partial charge in [0.2, 0.25) is 15.9 Å². The van der Waals surface area contributed by atoms with E-state index in [2.05, 4.69) is 37.4 Å². The van der Waals surface area contributed by atoms with Gasteiger partial charge in [-0.15, -0.1) is 0 Å². The number of sulfonamides is 1. The normalized spacial score (nSPS) is 24.5. The fourth-order valence-electron chi connectivity index (χ4n) is 4.10. The second-order valence-corrected chi connectivity index (χ2v) is 9.99. The Morgan fingerprint density at radius 3 is 2.44 bits per heavy atom. The minimum absolute atomic E-state index is 0.0599. The third-order valence-electron chi connectivity index (χ3n) is 5.73. The Morgan fingerprint density at radius 2 is 1.80 bits per heavy atom. The number of fused-ring (bicyclic) bond motifs is 1. The van der Waals surface area contributed by atoms with Gasteiger partial charge in [0.1, 0.15) is 0 Å². The van der Waals surface area contributed by atoms with Gasteiger partial charge in [0, 0.05) is 19.0 Å². The third kappa shape index (κ3) is 3.90. The summed E-state index contributed by atoms with van der Waals surface area (Å²) >= 11 is 0. The van der Waals surface area contributed by atoms with Gasteiger partial charge in [0.05, 0.1) is 12.3 Å². The molecule has 138 valence electrons. The van der Waals surface area contributed by atoms with Gasteiger partial charge in [-0.25, -0.2) is 12.7 Å². The van der Waals surface area contributed by atoms with E-state index in [0.29, 0.717) is 25.9 Å². The Bertz CT molecular complexity index is 750. The minimum Gasteiger partial charge on any atom is -0.349 e. The molecule has 1 aliphatic heterocycles. The van der Waals surface area contributed by atoms with Crippen LogP contribution in [0.15, 0.2) is 24.3 Å². The maximum absolute atomic E-state index is 12.7. The van der Waals surface area contributed by atoms with Crippen LogP contribution in [0, 0.1) is 5.92 Å². The second-order valence-electron chi connectivity index (χ2n) is 8.01. The van der Waals surface area contributed by atoms with Crippen molar-refractivity contribution in [2.24, 2.45) is 5.92 Å². The molecule has 1 aromatic rings. The molecule has 5 nitrogen and oxygen atoms in total. The van der Waals surface area contributed by atoms with Gasteiger partial charge in [-0.05, 0) is 42.2 Å². The number of carbonyl (C=O) groups excluding carboxylic acids is 1. The zero-order valence-corrected chi connectivity index (χ0v) is 16.1. The highest BCUT2D eigenvalue weighted by Gasteiger charge is 2.35. The molecule has 0 aromatic heterocycles. The van der Waals surface area contributed by atoms with E-state index in [9.17, 15) is 13.2 Å². The van der Waals surface area contributed by atoms with Crippen LogP contribution >= 0.6 is 0 Å². The molecular weight excluding hydrogens is 336 g/mol. The van der Waals surface area contributed by atoms with Crippen molar-refractivity contribution in [3.05, 3.63) is 35.4 Å². The molecule has 25 heavy (non-hydrogen) atoms. The first-order valence-electron chi connectivity index (χ1n) is 9.03. The summed E-state index contributed by atoms with van der Waals surface area (Å²) in [5.74, 6) is -0.0345. The maximum atomic E-state index is 12.7. The highest BCUT2D eigenvalue weighted by Crippen LogP contribution is 2.41. The Balaban J connectivity index is 1.67. The van der Waals surface area contributed by atoms with Gasteiger partial charge in [-0.3, -0.25) is 4.79 Å². The molecule has 0 unspecified atom stereocenters. The van der Waals surface area contributed by atoms with Crippen molar-refractivity contribution in [1.29, 1.82) is 0 Å². The summed E-state index contributed by atoms with van der Waals surface area (Å²) in [6.45, 7) is 5.38. The van der Waals surface area contributed by atoms with Crippen molar-refractivity contribution in [3.8, 4) is 0 Å². The number of hydrogen-bond donors (Lipinski definition) is 1. The van der Waals surface area contributed by atoms with Crippen LogP contribution in [0.3, 0.4) is 0 Å². The summed E-state index contributed by atoms with van der Waals surface area (Å²) in [5, 5.41) is 3.23. The summed E-state index contributed by atoms with van der Waals surface area (Å²) < 4.78 is 24.7. The SMILES string of the molecule is CC1(C)CC[C@H](NC(=O)C2CCN(S(C)(=O)=O)CC2)c2ccccc21. The lowest BCUT2D eigenvalue weighted by molar-refractivity contribution is -0.127. The van der Waals surface area contributed by atoms with E-state index < -0.39 is 10.0 Å². The van der Waals surface area contributed by atoms with Gasteiger partial charge in [-0.1, -0.05) is 38.1 Å². The lowest BCUT2D eigenvalue weighted by Crippen LogP contribution is -2.44. The van der Waals surface area contributed by atoms with Crippen LogP contribution < -0.4 is 5.32 Å². The summed E-state index contributed by atoms with van der Waals surface area (Å²) in [6.07, 6.45) is 4.41. The number of amides is 1. The number of nitrogens with zero attached hydrogens (tertiary/aromatic N) is 1. The van der Waals surface area contributed by atoms with Crippen molar-refractivity contribution in [1.82, 2.24) is 9.62 Å². The van der Waals surface area contributed by atoms with Gasteiger partial charge < -0.3 is 5.32 Å². The van der Waals surface area contributed by atoms with Crippen molar-refractivity contribution in [2.45, 2.75) is 51.0 Å². The van der Waals surface area contributed by atoms with Gasteiger partial charge >= 0.3 is 0 Å². The first kappa shape index (κ1) is 18.4. The Hall–Kier alpha value is -1.40. The fraction of sp³-hybridized carbons (Fsp3) is 0.632. The van der Waals surface area contributed by atoms with Gasteiger partial charge in [0.25, 0.3) is 0 Å². The quantitative estimate of drug-likeness (QED) is 0.896. The zero-order chi connectivity index (χ0) is 18.2. The molecule has 1 atom stereocenters. The van der Waals surface area contributed by atoms with Crippen LogP contribution in [-0.4, -0.2) is 38.0 Å². The number of benzene rings is 1. The molecule has 1 amide bonds. The highest BCUT2D eigenvalue weighted by molar-refractivity contribution is 7.88. The van der Waals surface area contributed by atoms with E-state index >= 15 is 0 Å². The van der Waals surface area contributed by atoms with Crippen LogP contribution in [0.5, 0.6) is 0 Å². The van der Waals surface area contributed by atoms with Gasteiger partial charge in [0.15, 0.2) is 0 Å². The molecule has 1 saturated heterocycles. The Kier molecular flexibility index (Phi) is 4.95. The molecule has 3 rings (SSSR count). The predicted molar refractivity (Wildman–Crippen MR) is 98.7 cm³/mol. The minimum atomic E-state index is -3.15. The molecule has 0 bridgehead atoms. The number of carbonyl (C=O) groups is 1. The molecule has 1 heterocycles. The molecule has 0 radical (unpaired) electrons. The summed E-state index contributed by atoms with van der Waals surface area (Å²) in [6, 6.07) is 8.44. The zero-order valence-electron chi connectivity index (χ0n) is 15.3. The standard InChI is InChI=1S/C19H28N2O3S/c1-19(2)11-8-17(15-6-4-5-7-16(15)19)20-18(22)14-9-12-21(13-10-14)25(3,23)24/h4-7,14,17H,8-13H2,1-3H3,(H,20,22)/t17-/m0/s1. The van der Waals surface area contributed by atoms with Crippen molar-refractivity contribution >= 4 is 15.9 Å². The van der Waals surface area contributed by atoms with Crippen molar-refractivity contribution in [3.63, 3.8) is 0 Å². The number of hydrogen-bond acceptors (Lipinski definition) is 3. The summed E-state index contributed by atoms with van der Waals surface area (Å²) in [7, 11) is -3.15. The molecule has 2 aliphatic rings. The smallest absolute Gasteiger partial charge is 0.223 e. The fourth-order valence-corrected chi connectivity index (χ4v) is 4.98. The molecular formula is C19H28N2O3S. The summed E-state index contributed by atoms with van der Waals surface area (Å²) in [4.78, 5) is 12.7. The monoisotopic (exact) mass is 364 g/mol. The van der Waals surface area contributed by atoms with Crippen LogP contribution in [0.4, 0.5) is 0 Å². The first-order chi connectivity index (χ1) is 11.7.